The molecule has 1 aromatic heterocycles. The van der Waals surface area contributed by atoms with Crippen molar-refractivity contribution in [2.75, 3.05) is 7.05 Å². The van der Waals surface area contributed by atoms with Crippen LogP contribution in [0.4, 0.5) is 0 Å². The average molecular weight is 204 g/mol. The normalized spacial score (nSPS) is 10.4. The Morgan fingerprint density at radius 2 is 2.00 bits per heavy atom. The van der Waals surface area contributed by atoms with Crippen LogP contribution in [0.25, 0.3) is 10.4 Å². The minimum absolute atomic E-state index is 1.05. The van der Waals surface area contributed by atoms with Gasteiger partial charge in [-0.2, -0.15) is 0 Å². The third kappa shape index (κ3) is 1.86. The van der Waals surface area contributed by atoms with E-state index in [1.54, 1.807) is 11.3 Å². The standard InChI is InChI=1S/C12H13NS/c1-13-9-10-5-2-3-6-11(10)12-7-4-8-14-12/h2-8,13H,9H2,1H3/p+1. The Balaban J connectivity index is 2.42. The summed E-state index contributed by atoms with van der Waals surface area (Å²) in [5.41, 5.74) is 2.79. The van der Waals surface area contributed by atoms with E-state index < -0.39 is 0 Å². The van der Waals surface area contributed by atoms with E-state index in [0.29, 0.717) is 0 Å². The van der Waals surface area contributed by atoms with Gasteiger partial charge < -0.3 is 5.32 Å². The lowest BCUT2D eigenvalue weighted by atomic mass is 10.1. The predicted molar refractivity (Wildman–Crippen MR) is 61.3 cm³/mol. The minimum atomic E-state index is 1.05. The average Bonchev–Trinajstić information content (AvgIpc) is 2.72. The van der Waals surface area contributed by atoms with Crippen molar-refractivity contribution in [2.24, 2.45) is 0 Å². The molecule has 0 saturated heterocycles. The van der Waals surface area contributed by atoms with E-state index in [4.69, 9.17) is 0 Å². The van der Waals surface area contributed by atoms with Gasteiger partial charge in [0.1, 0.15) is 6.54 Å². The van der Waals surface area contributed by atoms with Crippen LogP contribution in [0.2, 0.25) is 0 Å². The number of hydrogen-bond donors (Lipinski definition) is 1. The Labute approximate surface area is 88.4 Å². The SMILES string of the molecule is C[NH2+]Cc1ccccc1-c1cccs1. The number of quaternary nitrogens is 1. The van der Waals surface area contributed by atoms with Crippen LogP contribution < -0.4 is 5.32 Å². The second-order valence-corrected chi connectivity index (χ2v) is 4.19. The van der Waals surface area contributed by atoms with E-state index >= 15 is 0 Å². The topological polar surface area (TPSA) is 16.6 Å². The van der Waals surface area contributed by atoms with E-state index in [1.807, 2.05) is 0 Å². The molecule has 0 aliphatic rings. The number of rotatable bonds is 3. The molecule has 72 valence electrons. The zero-order valence-corrected chi connectivity index (χ0v) is 9.05. The molecule has 0 aliphatic heterocycles. The Morgan fingerprint density at radius 1 is 1.14 bits per heavy atom. The van der Waals surface area contributed by atoms with Gasteiger partial charge in [-0.25, -0.2) is 0 Å². The Morgan fingerprint density at radius 3 is 2.71 bits per heavy atom. The van der Waals surface area contributed by atoms with Crippen molar-refractivity contribution in [3.8, 4) is 10.4 Å². The van der Waals surface area contributed by atoms with E-state index in [9.17, 15) is 0 Å². The van der Waals surface area contributed by atoms with Gasteiger partial charge in [0.15, 0.2) is 0 Å². The Kier molecular flexibility index (Phi) is 2.96. The van der Waals surface area contributed by atoms with Gasteiger partial charge in [0.2, 0.25) is 0 Å². The smallest absolute Gasteiger partial charge is 0.102 e. The maximum Gasteiger partial charge on any atom is 0.102 e. The summed E-state index contributed by atoms with van der Waals surface area (Å²) in [5.74, 6) is 0. The highest BCUT2D eigenvalue weighted by atomic mass is 32.1. The number of hydrogen-bond acceptors (Lipinski definition) is 1. The van der Waals surface area contributed by atoms with Crippen LogP contribution >= 0.6 is 11.3 Å². The summed E-state index contributed by atoms with van der Waals surface area (Å²) in [6.45, 7) is 1.05. The summed E-state index contributed by atoms with van der Waals surface area (Å²) in [5, 5.41) is 4.33. The molecule has 0 saturated carbocycles. The molecule has 2 heteroatoms. The lowest BCUT2D eigenvalue weighted by Crippen LogP contribution is -2.77. The molecule has 0 radical (unpaired) electrons. The fourth-order valence-corrected chi connectivity index (χ4v) is 2.38. The predicted octanol–water partition coefficient (Wildman–Crippen LogP) is 2.11. The molecular weight excluding hydrogens is 190 g/mol. The van der Waals surface area contributed by atoms with Crippen molar-refractivity contribution in [2.45, 2.75) is 6.54 Å². The first kappa shape index (κ1) is 9.44. The molecule has 0 aliphatic carbocycles. The second-order valence-electron chi connectivity index (χ2n) is 3.25. The molecule has 0 amide bonds. The van der Waals surface area contributed by atoms with Crippen molar-refractivity contribution in [3.05, 3.63) is 47.3 Å². The van der Waals surface area contributed by atoms with E-state index in [-0.39, 0.29) is 0 Å². The van der Waals surface area contributed by atoms with Crippen LogP contribution in [-0.4, -0.2) is 7.05 Å². The van der Waals surface area contributed by atoms with Crippen molar-refractivity contribution < 1.29 is 5.32 Å². The largest absolute Gasteiger partial charge is 0.345 e. The molecule has 2 rings (SSSR count). The van der Waals surface area contributed by atoms with Gasteiger partial charge in [-0.3, -0.25) is 0 Å². The highest BCUT2D eigenvalue weighted by Crippen LogP contribution is 2.27. The summed E-state index contributed by atoms with van der Waals surface area (Å²) in [4.78, 5) is 1.36. The van der Waals surface area contributed by atoms with Gasteiger partial charge in [-0.1, -0.05) is 30.3 Å². The van der Waals surface area contributed by atoms with E-state index in [0.717, 1.165) is 6.54 Å². The molecule has 0 unspecified atom stereocenters. The highest BCUT2D eigenvalue weighted by Gasteiger charge is 2.04. The van der Waals surface area contributed by atoms with Gasteiger partial charge >= 0.3 is 0 Å². The fraction of sp³-hybridized carbons (Fsp3) is 0.167. The van der Waals surface area contributed by atoms with Crippen LogP contribution in [-0.2, 0) is 6.54 Å². The monoisotopic (exact) mass is 204 g/mol. The third-order valence-electron chi connectivity index (χ3n) is 2.23. The molecule has 1 aromatic carbocycles. The van der Waals surface area contributed by atoms with E-state index in [1.165, 1.54) is 16.0 Å². The Hall–Kier alpha value is -1.12. The highest BCUT2D eigenvalue weighted by molar-refractivity contribution is 7.13. The van der Waals surface area contributed by atoms with Gasteiger partial charge in [-0.15, -0.1) is 11.3 Å². The van der Waals surface area contributed by atoms with Crippen molar-refractivity contribution >= 4 is 11.3 Å². The molecule has 1 nitrogen and oxygen atoms in total. The lowest BCUT2D eigenvalue weighted by molar-refractivity contribution is -0.643. The fourth-order valence-electron chi connectivity index (χ4n) is 1.59. The van der Waals surface area contributed by atoms with Crippen LogP contribution in [0, 0.1) is 0 Å². The zero-order valence-electron chi connectivity index (χ0n) is 8.23. The first-order valence-corrected chi connectivity index (χ1v) is 5.69. The van der Waals surface area contributed by atoms with Crippen LogP contribution in [0.5, 0.6) is 0 Å². The van der Waals surface area contributed by atoms with Gasteiger partial charge in [0.05, 0.1) is 7.05 Å². The molecule has 14 heavy (non-hydrogen) atoms. The summed E-state index contributed by atoms with van der Waals surface area (Å²) in [6, 6.07) is 12.9. The van der Waals surface area contributed by atoms with Gasteiger partial charge in [0.25, 0.3) is 0 Å². The van der Waals surface area contributed by atoms with Gasteiger partial charge in [0, 0.05) is 16.0 Å². The minimum Gasteiger partial charge on any atom is -0.345 e. The number of benzene rings is 1. The molecule has 0 atom stereocenters. The summed E-state index contributed by atoms with van der Waals surface area (Å²) >= 11 is 1.80. The lowest BCUT2D eigenvalue weighted by Gasteiger charge is -2.04. The van der Waals surface area contributed by atoms with Gasteiger partial charge in [-0.05, 0) is 11.4 Å². The third-order valence-corrected chi connectivity index (χ3v) is 3.13. The van der Waals surface area contributed by atoms with Crippen molar-refractivity contribution in [1.82, 2.24) is 0 Å². The molecule has 0 fully saturated rings. The Bertz CT molecular complexity index is 392. The molecule has 2 aromatic rings. The van der Waals surface area contributed by atoms with Crippen LogP contribution in [0.3, 0.4) is 0 Å². The van der Waals surface area contributed by atoms with Crippen LogP contribution in [0.15, 0.2) is 41.8 Å². The molecule has 0 spiro atoms. The van der Waals surface area contributed by atoms with Crippen molar-refractivity contribution in [1.29, 1.82) is 0 Å². The maximum absolute atomic E-state index is 2.20. The summed E-state index contributed by atoms with van der Waals surface area (Å²) in [6.07, 6.45) is 0. The summed E-state index contributed by atoms with van der Waals surface area (Å²) < 4.78 is 0. The maximum atomic E-state index is 2.20. The second kappa shape index (κ2) is 4.40. The first-order chi connectivity index (χ1) is 6.92. The molecule has 0 bridgehead atoms. The number of thiophene rings is 1. The van der Waals surface area contributed by atoms with Crippen LogP contribution in [0.1, 0.15) is 5.56 Å². The zero-order chi connectivity index (χ0) is 9.80. The molecule has 2 N–H and O–H groups in total. The van der Waals surface area contributed by atoms with E-state index in [2.05, 4.69) is 54.1 Å². The summed E-state index contributed by atoms with van der Waals surface area (Å²) in [7, 11) is 2.10. The molecular formula is C12H14NS+. The molecule has 1 heterocycles. The first-order valence-electron chi connectivity index (χ1n) is 4.81. The van der Waals surface area contributed by atoms with Crippen molar-refractivity contribution in [3.63, 3.8) is 0 Å². The number of nitrogens with two attached hydrogens (primary N) is 1. The quantitative estimate of drug-likeness (QED) is 0.788.